The zero-order valence-corrected chi connectivity index (χ0v) is 13.3. The van der Waals surface area contributed by atoms with Crippen molar-refractivity contribution in [1.29, 1.82) is 0 Å². The van der Waals surface area contributed by atoms with Gasteiger partial charge in [0.2, 0.25) is 0 Å². The molecule has 1 aromatic heterocycles. The molecule has 7 heteroatoms. The molecule has 1 aromatic rings. The molecule has 2 rings (SSSR count). The molecule has 0 saturated carbocycles. The number of thioether (sulfide) groups is 1. The third-order valence-corrected chi connectivity index (χ3v) is 5.88. The van der Waals surface area contributed by atoms with Crippen LogP contribution in [0.5, 0.6) is 0 Å². The van der Waals surface area contributed by atoms with E-state index in [0.29, 0.717) is 18.8 Å². The van der Waals surface area contributed by atoms with Crippen LogP contribution in [0.15, 0.2) is 5.38 Å². The Labute approximate surface area is 127 Å². The number of nitrogens with two attached hydrogens (primary N) is 1. The van der Waals surface area contributed by atoms with Crippen LogP contribution in [0.1, 0.15) is 28.3 Å². The van der Waals surface area contributed by atoms with Crippen LogP contribution in [0.2, 0.25) is 0 Å². The summed E-state index contributed by atoms with van der Waals surface area (Å²) in [6.07, 6.45) is 4.78. The van der Waals surface area contributed by atoms with E-state index in [9.17, 15) is 4.79 Å². The van der Waals surface area contributed by atoms with E-state index >= 15 is 0 Å². The minimum atomic E-state index is -0.0931. The quantitative estimate of drug-likeness (QED) is 0.827. The van der Waals surface area contributed by atoms with Crippen LogP contribution in [-0.4, -0.2) is 48.2 Å². The molecular formula is C13H21N3O2S2. The van der Waals surface area contributed by atoms with Crippen LogP contribution in [0.25, 0.3) is 0 Å². The fourth-order valence-corrected chi connectivity index (χ4v) is 3.77. The highest BCUT2D eigenvalue weighted by Crippen LogP contribution is 2.33. The first-order valence-electron chi connectivity index (χ1n) is 6.75. The molecule has 3 N–H and O–H groups in total. The number of hydrogen-bond acceptors (Lipinski definition) is 6. The van der Waals surface area contributed by atoms with E-state index in [1.54, 1.807) is 5.38 Å². The molecule has 1 aliphatic rings. The van der Waals surface area contributed by atoms with Crippen LogP contribution in [0.3, 0.4) is 0 Å². The Bertz CT molecular complexity index is 445. The lowest BCUT2D eigenvalue weighted by Crippen LogP contribution is -2.44. The van der Waals surface area contributed by atoms with Crippen molar-refractivity contribution in [1.82, 2.24) is 10.3 Å². The van der Waals surface area contributed by atoms with Gasteiger partial charge in [0.15, 0.2) is 0 Å². The summed E-state index contributed by atoms with van der Waals surface area (Å²) >= 11 is 3.31. The van der Waals surface area contributed by atoms with Gasteiger partial charge in [0.05, 0.1) is 5.01 Å². The zero-order valence-electron chi connectivity index (χ0n) is 11.7. The molecule has 5 nitrogen and oxygen atoms in total. The van der Waals surface area contributed by atoms with Crippen molar-refractivity contribution in [3.63, 3.8) is 0 Å². The Hall–Kier alpha value is -0.630. The second kappa shape index (κ2) is 7.40. The van der Waals surface area contributed by atoms with E-state index < -0.39 is 0 Å². The topological polar surface area (TPSA) is 77.2 Å². The van der Waals surface area contributed by atoms with Crippen LogP contribution in [0, 0.1) is 0 Å². The van der Waals surface area contributed by atoms with E-state index in [0.717, 1.165) is 37.5 Å². The number of carbonyl (C=O) groups is 1. The van der Waals surface area contributed by atoms with Crippen molar-refractivity contribution >= 4 is 29.0 Å². The highest BCUT2D eigenvalue weighted by molar-refractivity contribution is 8.00. The van der Waals surface area contributed by atoms with E-state index in [2.05, 4.69) is 16.6 Å². The van der Waals surface area contributed by atoms with Crippen molar-refractivity contribution in [2.24, 2.45) is 5.73 Å². The highest BCUT2D eigenvalue weighted by Gasteiger charge is 2.32. The molecule has 20 heavy (non-hydrogen) atoms. The Balaban J connectivity index is 1.89. The standard InChI is InChI=1S/C13H21N3O2S2/c1-19-13(3-6-18-7-4-13)9-15-12(17)10-8-20-11(16-10)2-5-14/h8H,2-7,9,14H2,1H3,(H,15,17). The summed E-state index contributed by atoms with van der Waals surface area (Å²) in [5, 5.41) is 5.73. The monoisotopic (exact) mass is 315 g/mol. The van der Waals surface area contributed by atoms with Crippen molar-refractivity contribution in [3.05, 3.63) is 16.1 Å². The molecule has 0 bridgehead atoms. The number of thiazole rings is 1. The Morgan fingerprint density at radius 2 is 2.35 bits per heavy atom. The van der Waals surface area contributed by atoms with Gasteiger partial charge < -0.3 is 15.8 Å². The molecule has 0 radical (unpaired) electrons. The van der Waals surface area contributed by atoms with Crippen LogP contribution in [-0.2, 0) is 11.2 Å². The van der Waals surface area contributed by atoms with E-state index in [4.69, 9.17) is 10.5 Å². The normalized spacial score (nSPS) is 17.9. The van der Waals surface area contributed by atoms with Gasteiger partial charge in [0.25, 0.3) is 5.91 Å². The number of nitrogens with one attached hydrogen (secondary N) is 1. The van der Waals surface area contributed by atoms with Gasteiger partial charge in [-0.05, 0) is 25.6 Å². The Morgan fingerprint density at radius 3 is 3.00 bits per heavy atom. The molecule has 0 aromatic carbocycles. The summed E-state index contributed by atoms with van der Waals surface area (Å²) in [5.41, 5.74) is 5.99. The van der Waals surface area contributed by atoms with Gasteiger partial charge in [-0.3, -0.25) is 4.79 Å². The summed E-state index contributed by atoms with van der Waals surface area (Å²) < 4.78 is 5.50. The molecule has 1 saturated heterocycles. The summed E-state index contributed by atoms with van der Waals surface area (Å²) in [4.78, 5) is 16.4. The maximum atomic E-state index is 12.1. The summed E-state index contributed by atoms with van der Waals surface area (Å²) in [6, 6.07) is 0. The first-order chi connectivity index (χ1) is 9.69. The second-order valence-corrected chi connectivity index (χ2v) is 7.06. The number of amides is 1. The molecule has 0 aliphatic carbocycles. The first kappa shape index (κ1) is 15.8. The lowest BCUT2D eigenvalue weighted by atomic mass is 9.99. The van der Waals surface area contributed by atoms with Crippen LogP contribution in [0.4, 0.5) is 0 Å². The molecule has 1 aliphatic heterocycles. The van der Waals surface area contributed by atoms with Crippen LogP contribution < -0.4 is 11.1 Å². The number of nitrogens with zero attached hydrogens (tertiary/aromatic N) is 1. The first-order valence-corrected chi connectivity index (χ1v) is 8.85. The van der Waals surface area contributed by atoms with Gasteiger partial charge in [0, 0.05) is 36.3 Å². The van der Waals surface area contributed by atoms with E-state index in [1.807, 2.05) is 11.8 Å². The largest absolute Gasteiger partial charge is 0.381 e. The molecule has 0 spiro atoms. The van der Waals surface area contributed by atoms with Crippen molar-refractivity contribution in [3.8, 4) is 0 Å². The number of ether oxygens (including phenoxy) is 1. The molecule has 1 fully saturated rings. The second-order valence-electron chi connectivity index (χ2n) is 4.85. The number of hydrogen-bond donors (Lipinski definition) is 2. The third-order valence-electron chi connectivity index (χ3n) is 3.55. The van der Waals surface area contributed by atoms with Gasteiger partial charge in [0.1, 0.15) is 5.69 Å². The van der Waals surface area contributed by atoms with Gasteiger partial charge in [-0.25, -0.2) is 4.98 Å². The average Bonchev–Trinajstić information content (AvgIpc) is 2.95. The smallest absolute Gasteiger partial charge is 0.270 e. The minimum Gasteiger partial charge on any atom is -0.381 e. The maximum Gasteiger partial charge on any atom is 0.270 e. The predicted molar refractivity (Wildman–Crippen MR) is 83.5 cm³/mol. The molecule has 112 valence electrons. The summed E-state index contributed by atoms with van der Waals surface area (Å²) in [7, 11) is 0. The predicted octanol–water partition coefficient (Wildman–Crippen LogP) is 1.29. The molecular weight excluding hydrogens is 294 g/mol. The third kappa shape index (κ3) is 3.94. The zero-order chi connectivity index (χ0) is 14.4. The van der Waals surface area contributed by atoms with Gasteiger partial charge in [-0.2, -0.15) is 11.8 Å². The Morgan fingerprint density at radius 1 is 1.60 bits per heavy atom. The summed E-state index contributed by atoms with van der Waals surface area (Å²) in [6.45, 7) is 2.77. The molecule has 0 unspecified atom stereocenters. The summed E-state index contributed by atoms with van der Waals surface area (Å²) in [5.74, 6) is -0.0931. The van der Waals surface area contributed by atoms with E-state index in [1.165, 1.54) is 11.3 Å². The van der Waals surface area contributed by atoms with Crippen molar-refractivity contribution in [2.45, 2.75) is 24.0 Å². The molecule has 2 heterocycles. The van der Waals surface area contributed by atoms with Crippen molar-refractivity contribution < 1.29 is 9.53 Å². The van der Waals surface area contributed by atoms with Gasteiger partial charge in [-0.15, -0.1) is 11.3 Å². The fourth-order valence-electron chi connectivity index (χ4n) is 2.18. The lowest BCUT2D eigenvalue weighted by molar-refractivity contribution is 0.0741. The molecule has 1 amide bonds. The van der Waals surface area contributed by atoms with Crippen molar-refractivity contribution in [2.75, 3.05) is 32.6 Å². The maximum absolute atomic E-state index is 12.1. The number of aromatic nitrogens is 1. The average molecular weight is 315 g/mol. The molecule has 0 atom stereocenters. The fraction of sp³-hybridized carbons (Fsp3) is 0.692. The van der Waals surface area contributed by atoms with Gasteiger partial charge in [-0.1, -0.05) is 0 Å². The highest BCUT2D eigenvalue weighted by atomic mass is 32.2. The van der Waals surface area contributed by atoms with Crippen LogP contribution >= 0.6 is 23.1 Å². The van der Waals surface area contributed by atoms with E-state index in [-0.39, 0.29) is 10.7 Å². The SMILES string of the molecule is CSC1(CNC(=O)c2csc(CCN)n2)CCOCC1. The minimum absolute atomic E-state index is 0.0931. The number of rotatable bonds is 6. The van der Waals surface area contributed by atoms with Gasteiger partial charge >= 0.3 is 0 Å². The lowest BCUT2D eigenvalue weighted by Gasteiger charge is -2.35. The Kier molecular flexibility index (Phi) is 5.83. The number of carbonyl (C=O) groups excluding carboxylic acids is 1.